The van der Waals surface area contributed by atoms with Crippen molar-refractivity contribution in [2.45, 2.75) is 38.8 Å². The predicted octanol–water partition coefficient (Wildman–Crippen LogP) is 2.41. The summed E-state index contributed by atoms with van der Waals surface area (Å²) in [4.78, 5) is 13.4. The molecule has 3 nitrogen and oxygen atoms in total. The molecular formula is C15H21NO2. The van der Waals surface area contributed by atoms with Crippen LogP contribution in [0.15, 0.2) is 30.3 Å². The zero-order chi connectivity index (χ0) is 13.1. The standard InChI is InChI=1S/C15H21NO2/c1-11(10-13-6-4-3-5-7-13)16-9-8-14(12(16)2)15(17)18/h3-7,11-12,14H,8-10H2,1-2H3,(H,17,18). The van der Waals surface area contributed by atoms with Gasteiger partial charge >= 0.3 is 5.97 Å². The van der Waals surface area contributed by atoms with Crippen LogP contribution in [0, 0.1) is 5.92 Å². The van der Waals surface area contributed by atoms with Crippen molar-refractivity contribution in [3.63, 3.8) is 0 Å². The molecule has 0 aliphatic carbocycles. The zero-order valence-corrected chi connectivity index (χ0v) is 11.0. The molecule has 0 aromatic heterocycles. The summed E-state index contributed by atoms with van der Waals surface area (Å²) in [7, 11) is 0. The summed E-state index contributed by atoms with van der Waals surface area (Å²) < 4.78 is 0. The predicted molar refractivity (Wildman–Crippen MR) is 71.5 cm³/mol. The molecular weight excluding hydrogens is 226 g/mol. The molecule has 0 saturated carbocycles. The number of carboxylic acid groups (broad SMARTS) is 1. The van der Waals surface area contributed by atoms with Crippen LogP contribution in [0.25, 0.3) is 0 Å². The number of aliphatic carboxylic acids is 1. The van der Waals surface area contributed by atoms with E-state index >= 15 is 0 Å². The van der Waals surface area contributed by atoms with Gasteiger partial charge in [-0.2, -0.15) is 0 Å². The van der Waals surface area contributed by atoms with Crippen molar-refractivity contribution < 1.29 is 9.90 Å². The van der Waals surface area contributed by atoms with E-state index in [1.807, 2.05) is 13.0 Å². The lowest BCUT2D eigenvalue weighted by atomic mass is 10.0. The van der Waals surface area contributed by atoms with Crippen molar-refractivity contribution in [1.29, 1.82) is 0 Å². The Labute approximate surface area is 108 Å². The van der Waals surface area contributed by atoms with Crippen molar-refractivity contribution in [2.75, 3.05) is 6.54 Å². The minimum absolute atomic E-state index is 0.140. The molecule has 1 aromatic rings. The molecule has 2 rings (SSSR count). The molecule has 98 valence electrons. The molecule has 18 heavy (non-hydrogen) atoms. The topological polar surface area (TPSA) is 40.5 Å². The highest BCUT2D eigenvalue weighted by molar-refractivity contribution is 5.71. The lowest BCUT2D eigenvalue weighted by Crippen LogP contribution is -2.40. The van der Waals surface area contributed by atoms with E-state index in [9.17, 15) is 4.79 Å². The van der Waals surface area contributed by atoms with Gasteiger partial charge in [-0.15, -0.1) is 0 Å². The number of hydrogen-bond donors (Lipinski definition) is 1. The van der Waals surface area contributed by atoms with E-state index in [2.05, 4.69) is 36.1 Å². The van der Waals surface area contributed by atoms with Gasteiger partial charge in [0, 0.05) is 12.1 Å². The first kappa shape index (κ1) is 13.1. The third kappa shape index (κ3) is 2.72. The average molecular weight is 247 g/mol. The quantitative estimate of drug-likeness (QED) is 0.888. The summed E-state index contributed by atoms with van der Waals surface area (Å²) in [5.74, 6) is -0.861. The van der Waals surface area contributed by atoms with Gasteiger partial charge < -0.3 is 5.11 Å². The molecule has 0 bridgehead atoms. The maximum Gasteiger partial charge on any atom is 0.308 e. The first-order valence-corrected chi connectivity index (χ1v) is 6.62. The van der Waals surface area contributed by atoms with Gasteiger partial charge in [0.25, 0.3) is 0 Å². The minimum atomic E-state index is -0.656. The SMILES string of the molecule is CC(Cc1ccccc1)N1CCC(C(=O)O)C1C. The number of carboxylic acids is 1. The van der Waals surface area contributed by atoms with E-state index in [-0.39, 0.29) is 12.0 Å². The second kappa shape index (κ2) is 5.53. The van der Waals surface area contributed by atoms with E-state index in [4.69, 9.17) is 5.11 Å². The van der Waals surface area contributed by atoms with Crippen molar-refractivity contribution in [1.82, 2.24) is 4.90 Å². The highest BCUT2D eigenvalue weighted by atomic mass is 16.4. The van der Waals surface area contributed by atoms with Gasteiger partial charge in [-0.1, -0.05) is 30.3 Å². The molecule has 3 heteroatoms. The molecule has 1 aromatic carbocycles. The Morgan fingerprint density at radius 3 is 2.67 bits per heavy atom. The third-order valence-corrected chi connectivity index (χ3v) is 4.06. The Morgan fingerprint density at radius 1 is 1.44 bits per heavy atom. The normalized spacial score (nSPS) is 26.1. The van der Waals surface area contributed by atoms with Crippen LogP contribution in [-0.2, 0) is 11.2 Å². The van der Waals surface area contributed by atoms with E-state index < -0.39 is 5.97 Å². The van der Waals surface area contributed by atoms with Crippen LogP contribution in [0.2, 0.25) is 0 Å². The van der Waals surface area contributed by atoms with Gasteiger partial charge in [0.15, 0.2) is 0 Å². The van der Waals surface area contributed by atoms with Gasteiger partial charge in [0.05, 0.1) is 5.92 Å². The monoisotopic (exact) mass is 247 g/mol. The maximum absolute atomic E-state index is 11.1. The molecule has 0 radical (unpaired) electrons. The van der Waals surface area contributed by atoms with Gasteiger partial charge in [0.1, 0.15) is 0 Å². The Hall–Kier alpha value is -1.35. The first-order valence-electron chi connectivity index (χ1n) is 6.62. The summed E-state index contributed by atoms with van der Waals surface area (Å²) in [5.41, 5.74) is 1.32. The number of rotatable bonds is 4. The minimum Gasteiger partial charge on any atom is -0.481 e. The molecule has 3 atom stereocenters. The van der Waals surface area contributed by atoms with Gasteiger partial charge in [-0.25, -0.2) is 0 Å². The fourth-order valence-electron chi connectivity index (χ4n) is 2.99. The molecule has 1 aliphatic rings. The summed E-state index contributed by atoms with van der Waals surface area (Å²) in [6, 6.07) is 10.9. The third-order valence-electron chi connectivity index (χ3n) is 4.06. The Morgan fingerprint density at radius 2 is 2.11 bits per heavy atom. The van der Waals surface area contributed by atoms with Crippen LogP contribution in [-0.4, -0.2) is 34.6 Å². The van der Waals surface area contributed by atoms with Crippen LogP contribution in [0.1, 0.15) is 25.8 Å². The van der Waals surface area contributed by atoms with Crippen LogP contribution >= 0.6 is 0 Å². The molecule has 1 saturated heterocycles. The molecule has 1 N–H and O–H groups in total. The van der Waals surface area contributed by atoms with Crippen LogP contribution in [0.4, 0.5) is 0 Å². The summed E-state index contributed by atoms with van der Waals surface area (Å²) in [5, 5.41) is 9.15. The fourth-order valence-corrected chi connectivity index (χ4v) is 2.99. The Balaban J connectivity index is 1.98. The van der Waals surface area contributed by atoms with Crippen molar-refractivity contribution in [3.8, 4) is 0 Å². The molecule has 0 spiro atoms. The molecule has 1 heterocycles. The summed E-state index contributed by atoms with van der Waals surface area (Å²) in [6.45, 7) is 5.12. The first-order chi connectivity index (χ1) is 8.59. The van der Waals surface area contributed by atoms with Crippen LogP contribution < -0.4 is 0 Å². The van der Waals surface area contributed by atoms with Crippen molar-refractivity contribution in [2.24, 2.45) is 5.92 Å². The highest BCUT2D eigenvalue weighted by Gasteiger charge is 2.37. The van der Waals surface area contributed by atoms with Gasteiger partial charge in [-0.3, -0.25) is 9.69 Å². The molecule has 1 fully saturated rings. The Bertz CT molecular complexity index is 404. The average Bonchev–Trinajstić information content (AvgIpc) is 2.72. The number of benzene rings is 1. The van der Waals surface area contributed by atoms with Gasteiger partial charge in [0.2, 0.25) is 0 Å². The number of hydrogen-bond acceptors (Lipinski definition) is 2. The lowest BCUT2D eigenvalue weighted by molar-refractivity contribution is -0.142. The lowest BCUT2D eigenvalue weighted by Gasteiger charge is -2.29. The summed E-state index contributed by atoms with van der Waals surface area (Å²) >= 11 is 0. The van der Waals surface area contributed by atoms with Crippen LogP contribution in [0.3, 0.4) is 0 Å². The number of nitrogens with zero attached hydrogens (tertiary/aromatic N) is 1. The van der Waals surface area contributed by atoms with E-state index in [1.54, 1.807) is 0 Å². The van der Waals surface area contributed by atoms with E-state index in [1.165, 1.54) is 5.56 Å². The fraction of sp³-hybridized carbons (Fsp3) is 0.533. The molecule has 0 amide bonds. The number of likely N-dealkylation sites (tertiary alicyclic amines) is 1. The maximum atomic E-state index is 11.1. The van der Waals surface area contributed by atoms with Crippen LogP contribution in [0.5, 0.6) is 0 Å². The summed E-state index contributed by atoms with van der Waals surface area (Å²) in [6.07, 6.45) is 1.76. The molecule has 1 aliphatic heterocycles. The van der Waals surface area contributed by atoms with Crippen molar-refractivity contribution in [3.05, 3.63) is 35.9 Å². The second-order valence-electron chi connectivity index (χ2n) is 5.25. The second-order valence-corrected chi connectivity index (χ2v) is 5.25. The highest BCUT2D eigenvalue weighted by Crippen LogP contribution is 2.27. The van der Waals surface area contributed by atoms with E-state index in [0.29, 0.717) is 6.04 Å². The largest absolute Gasteiger partial charge is 0.481 e. The molecule has 3 unspecified atom stereocenters. The van der Waals surface area contributed by atoms with E-state index in [0.717, 1.165) is 19.4 Å². The van der Waals surface area contributed by atoms with Gasteiger partial charge in [-0.05, 0) is 38.8 Å². The Kier molecular flexibility index (Phi) is 4.02. The zero-order valence-electron chi connectivity index (χ0n) is 11.0. The smallest absolute Gasteiger partial charge is 0.308 e. The van der Waals surface area contributed by atoms with Crippen molar-refractivity contribution >= 4 is 5.97 Å². The number of carbonyl (C=O) groups is 1.